The van der Waals surface area contributed by atoms with E-state index in [1.807, 2.05) is 13.1 Å². The van der Waals surface area contributed by atoms with E-state index in [1.165, 1.54) is 7.11 Å². The predicted molar refractivity (Wildman–Crippen MR) is 56.4 cm³/mol. The number of methoxy groups -OCH3 is 1. The maximum atomic E-state index is 11.3. The van der Waals surface area contributed by atoms with Crippen molar-refractivity contribution in [2.24, 2.45) is 7.05 Å². The van der Waals surface area contributed by atoms with Crippen LogP contribution < -0.4 is 5.32 Å². The lowest BCUT2D eigenvalue weighted by molar-refractivity contribution is -0.129. The Morgan fingerprint density at radius 2 is 2.47 bits per heavy atom. The lowest BCUT2D eigenvalue weighted by Crippen LogP contribution is -2.35. The first kappa shape index (κ1) is 11.7. The van der Waals surface area contributed by atoms with E-state index in [1.54, 1.807) is 17.8 Å². The number of hydrogen-bond donors (Lipinski definition) is 1. The highest BCUT2D eigenvalue weighted by molar-refractivity contribution is 5.80. The molecule has 84 valence electrons. The molecule has 1 aromatic heterocycles. The summed E-state index contributed by atoms with van der Waals surface area (Å²) in [7, 11) is 3.40. The zero-order valence-corrected chi connectivity index (χ0v) is 9.36. The largest absolute Gasteiger partial charge is 0.372 e. The maximum Gasteiger partial charge on any atom is 0.248 e. The first-order valence-corrected chi connectivity index (χ1v) is 4.92. The van der Waals surface area contributed by atoms with Gasteiger partial charge in [-0.05, 0) is 13.0 Å². The van der Waals surface area contributed by atoms with Crippen LogP contribution in [-0.2, 0) is 23.0 Å². The molecule has 1 N–H and O–H groups in total. The number of carbonyl (C=O) groups excluding carboxylic acids is 1. The van der Waals surface area contributed by atoms with Crippen LogP contribution in [0.3, 0.4) is 0 Å². The minimum Gasteiger partial charge on any atom is -0.372 e. The van der Waals surface area contributed by atoms with E-state index in [4.69, 9.17) is 4.74 Å². The predicted octanol–water partition coefficient (Wildman–Crippen LogP) is 0.114. The zero-order chi connectivity index (χ0) is 11.3. The molecule has 1 unspecified atom stereocenters. The van der Waals surface area contributed by atoms with Gasteiger partial charge >= 0.3 is 0 Å². The van der Waals surface area contributed by atoms with Crippen LogP contribution in [-0.4, -0.2) is 35.4 Å². The molecule has 15 heavy (non-hydrogen) atoms. The van der Waals surface area contributed by atoms with E-state index in [0.29, 0.717) is 6.54 Å². The summed E-state index contributed by atoms with van der Waals surface area (Å²) in [6.45, 7) is 2.32. The average Bonchev–Trinajstić information content (AvgIpc) is 2.63. The molecule has 5 nitrogen and oxygen atoms in total. The summed E-state index contributed by atoms with van der Waals surface area (Å²) in [6, 6.07) is 1.94. The highest BCUT2D eigenvalue weighted by Crippen LogP contribution is 1.96. The molecule has 0 aliphatic rings. The third-order valence-electron chi connectivity index (χ3n) is 2.33. The lowest BCUT2D eigenvalue weighted by Gasteiger charge is -2.10. The van der Waals surface area contributed by atoms with E-state index in [0.717, 1.165) is 12.1 Å². The Morgan fingerprint density at radius 1 is 1.73 bits per heavy atom. The van der Waals surface area contributed by atoms with Gasteiger partial charge in [0.25, 0.3) is 0 Å². The fraction of sp³-hybridized carbons (Fsp3) is 0.600. The van der Waals surface area contributed by atoms with E-state index in [2.05, 4.69) is 10.4 Å². The normalized spacial score (nSPS) is 12.5. The number of carbonyl (C=O) groups is 1. The third kappa shape index (κ3) is 3.36. The molecule has 0 fully saturated rings. The van der Waals surface area contributed by atoms with E-state index < -0.39 is 6.10 Å². The van der Waals surface area contributed by atoms with Gasteiger partial charge in [-0.2, -0.15) is 5.10 Å². The van der Waals surface area contributed by atoms with Crippen molar-refractivity contribution in [2.75, 3.05) is 13.7 Å². The summed E-state index contributed by atoms with van der Waals surface area (Å²) < 4.78 is 6.69. The van der Waals surface area contributed by atoms with Gasteiger partial charge < -0.3 is 10.1 Å². The Labute approximate surface area is 89.4 Å². The van der Waals surface area contributed by atoms with Crippen molar-refractivity contribution in [2.45, 2.75) is 19.4 Å². The van der Waals surface area contributed by atoms with E-state index in [9.17, 15) is 4.79 Å². The molecule has 1 amide bonds. The summed E-state index contributed by atoms with van der Waals surface area (Å²) >= 11 is 0. The van der Waals surface area contributed by atoms with Crippen LogP contribution in [0.5, 0.6) is 0 Å². The third-order valence-corrected chi connectivity index (χ3v) is 2.33. The minimum absolute atomic E-state index is 0.0836. The quantitative estimate of drug-likeness (QED) is 0.752. The molecule has 0 saturated carbocycles. The Balaban J connectivity index is 2.28. The van der Waals surface area contributed by atoms with Gasteiger partial charge in [-0.25, -0.2) is 0 Å². The van der Waals surface area contributed by atoms with Gasteiger partial charge in [0, 0.05) is 39.0 Å². The molecule has 0 aliphatic heterocycles. The monoisotopic (exact) mass is 211 g/mol. The van der Waals surface area contributed by atoms with Gasteiger partial charge in [0.1, 0.15) is 6.10 Å². The van der Waals surface area contributed by atoms with Crippen LogP contribution in [0.1, 0.15) is 12.6 Å². The second-order valence-corrected chi connectivity index (χ2v) is 3.37. The minimum atomic E-state index is -0.392. The Bertz CT molecular complexity index is 322. The zero-order valence-electron chi connectivity index (χ0n) is 9.36. The highest BCUT2D eigenvalue weighted by atomic mass is 16.5. The Kier molecular flexibility index (Phi) is 4.30. The number of aryl methyl sites for hydroxylation is 1. The van der Waals surface area contributed by atoms with Crippen molar-refractivity contribution in [3.05, 3.63) is 18.0 Å². The highest BCUT2D eigenvalue weighted by Gasteiger charge is 2.10. The second-order valence-electron chi connectivity index (χ2n) is 3.37. The molecular formula is C10H17N3O2. The van der Waals surface area contributed by atoms with Crippen molar-refractivity contribution in [3.63, 3.8) is 0 Å². The van der Waals surface area contributed by atoms with Gasteiger partial charge in [-0.3, -0.25) is 9.48 Å². The summed E-state index contributed by atoms with van der Waals surface area (Å²) in [6.07, 6.45) is 2.13. The average molecular weight is 211 g/mol. The summed E-state index contributed by atoms with van der Waals surface area (Å²) in [5.41, 5.74) is 1.10. The van der Waals surface area contributed by atoms with Crippen molar-refractivity contribution < 1.29 is 9.53 Å². The van der Waals surface area contributed by atoms with Gasteiger partial charge in [0.05, 0.1) is 0 Å². The molecule has 1 heterocycles. The first-order chi connectivity index (χ1) is 7.15. The van der Waals surface area contributed by atoms with Gasteiger partial charge in [0.15, 0.2) is 0 Å². The molecule has 0 spiro atoms. The fourth-order valence-electron chi connectivity index (χ4n) is 1.21. The van der Waals surface area contributed by atoms with Gasteiger partial charge in [-0.15, -0.1) is 0 Å². The number of nitrogens with one attached hydrogen (secondary N) is 1. The van der Waals surface area contributed by atoms with Crippen molar-refractivity contribution >= 4 is 5.91 Å². The van der Waals surface area contributed by atoms with Crippen molar-refractivity contribution in [1.29, 1.82) is 0 Å². The first-order valence-electron chi connectivity index (χ1n) is 4.92. The second kappa shape index (κ2) is 5.50. The topological polar surface area (TPSA) is 56.1 Å². The Hall–Kier alpha value is -1.36. The molecule has 0 aromatic carbocycles. The van der Waals surface area contributed by atoms with E-state index >= 15 is 0 Å². The van der Waals surface area contributed by atoms with Gasteiger partial charge in [0.2, 0.25) is 5.91 Å². The Morgan fingerprint density at radius 3 is 3.00 bits per heavy atom. The van der Waals surface area contributed by atoms with Crippen LogP contribution >= 0.6 is 0 Å². The standard InChI is InChI=1S/C10H17N3O2/c1-8(15-3)10(14)11-6-4-9-5-7-12-13(9)2/h5,7-8H,4,6H2,1-3H3,(H,11,14). The van der Waals surface area contributed by atoms with Crippen LogP contribution in [0.4, 0.5) is 0 Å². The number of hydrogen-bond acceptors (Lipinski definition) is 3. The number of nitrogens with zero attached hydrogens (tertiary/aromatic N) is 2. The van der Waals surface area contributed by atoms with Crippen molar-refractivity contribution in [3.8, 4) is 0 Å². The molecule has 0 radical (unpaired) electrons. The molecule has 1 rings (SSSR count). The number of amides is 1. The molecule has 0 bridgehead atoms. The van der Waals surface area contributed by atoms with Gasteiger partial charge in [-0.1, -0.05) is 0 Å². The lowest BCUT2D eigenvalue weighted by atomic mass is 10.3. The molecular weight excluding hydrogens is 194 g/mol. The summed E-state index contributed by atoms with van der Waals surface area (Å²) in [5, 5.41) is 6.84. The fourth-order valence-corrected chi connectivity index (χ4v) is 1.21. The molecule has 1 aromatic rings. The SMILES string of the molecule is COC(C)C(=O)NCCc1ccnn1C. The number of rotatable bonds is 5. The molecule has 0 saturated heterocycles. The van der Waals surface area contributed by atoms with Crippen LogP contribution in [0.2, 0.25) is 0 Å². The van der Waals surface area contributed by atoms with Crippen LogP contribution in [0.25, 0.3) is 0 Å². The molecule has 1 atom stereocenters. The maximum absolute atomic E-state index is 11.3. The smallest absolute Gasteiger partial charge is 0.248 e. The number of aromatic nitrogens is 2. The molecule has 5 heteroatoms. The van der Waals surface area contributed by atoms with Crippen LogP contribution in [0.15, 0.2) is 12.3 Å². The summed E-state index contributed by atoms with van der Waals surface area (Å²) in [5.74, 6) is -0.0836. The number of ether oxygens (including phenoxy) is 1. The van der Waals surface area contributed by atoms with Crippen LogP contribution in [0, 0.1) is 0 Å². The van der Waals surface area contributed by atoms with Crippen molar-refractivity contribution in [1.82, 2.24) is 15.1 Å². The summed E-state index contributed by atoms with van der Waals surface area (Å²) in [4.78, 5) is 11.3. The van der Waals surface area contributed by atoms with E-state index in [-0.39, 0.29) is 5.91 Å². The molecule has 0 aliphatic carbocycles.